The van der Waals surface area contributed by atoms with Gasteiger partial charge in [-0.05, 0) is 31.4 Å². The summed E-state index contributed by atoms with van der Waals surface area (Å²) in [6, 6.07) is 6.24. The lowest BCUT2D eigenvalue weighted by Gasteiger charge is -2.15. The maximum atomic E-state index is 5.40. The molecule has 0 aromatic heterocycles. The topological polar surface area (TPSA) is 62.4 Å². The second-order valence-electron chi connectivity index (χ2n) is 3.55. The molecule has 0 heterocycles. The Bertz CT molecular complexity index is 371. The van der Waals surface area contributed by atoms with Gasteiger partial charge in [-0.1, -0.05) is 25.1 Å². The molecule has 0 saturated carbocycles. The molecule has 4 nitrogen and oxygen atoms in total. The number of nitrogens with zero attached hydrogens (tertiary/aromatic N) is 1. The van der Waals surface area contributed by atoms with E-state index in [1.54, 1.807) is 0 Å². The molecule has 1 aromatic carbocycles. The lowest BCUT2D eigenvalue weighted by molar-refractivity contribution is 0.983. The van der Waals surface area contributed by atoms with Gasteiger partial charge in [0, 0.05) is 12.2 Å². The lowest BCUT2D eigenvalue weighted by Crippen LogP contribution is -2.36. The summed E-state index contributed by atoms with van der Waals surface area (Å²) < 4.78 is 0. The number of nitrogens with one attached hydrogen (secondary N) is 2. The molecule has 0 amide bonds. The summed E-state index contributed by atoms with van der Waals surface area (Å²) in [5.41, 5.74) is 6.12. The minimum atomic E-state index is 0.603. The molecule has 0 saturated heterocycles. The summed E-state index contributed by atoms with van der Waals surface area (Å²) in [6.45, 7) is 6.87. The van der Waals surface area contributed by atoms with Crippen molar-refractivity contribution in [3.8, 4) is 0 Å². The molecule has 4 N–H and O–H groups in total. The zero-order valence-electron chi connectivity index (χ0n) is 10.2. The SMILES string of the molecule is CCN=C(NN)Nc1c(C)cccc1CC. The van der Waals surface area contributed by atoms with Crippen molar-refractivity contribution >= 4 is 11.6 Å². The Morgan fingerprint density at radius 1 is 1.38 bits per heavy atom. The third kappa shape index (κ3) is 2.97. The molecule has 0 aliphatic heterocycles. The molecule has 0 aliphatic rings. The highest BCUT2D eigenvalue weighted by molar-refractivity contribution is 5.94. The van der Waals surface area contributed by atoms with Crippen LogP contribution < -0.4 is 16.6 Å². The van der Waals surface area contributed by atoms with Crippen molar-refractivity contribution in [3.05, 3.63) is 29.3 Å². The molecule has 16 heavy (non-hydrogen) atoms. The molecule has 0 radical (unpaired) electrons. The first-order valence-electron chi connectivity index (χ1n) is 5.59. The number of benzene rings is 1. The van der Waals surface area contributed by atoms with Gasteiger partial charge in [-0.2, -0.15) is 0 Å². The second-order valence-corrected chi connectivity index (χ2v) is 3.55. The predicted octanol–water partition coefficient (Wildman–Crippen LogP) is 1.81. The minimum Gasteiger partial charge on any atom is -0.325 e. The van der Waals surface area contributed by atoms with Gasteiger partial charge in [-0.15, -0.1) is 0 Å². The van der Waals surface area contributed by atoms with Gasteiger partial charge in [-0.25, -0.2) is 5.84 Å². The van der Waals surface area contributed by atoms with Crippen LogP contribution in [0.15, 0.2) is 23.2 Å². The fourth-order valence-electron chi connectivity index (χ4n) is 1.60. The maximum Gasteiger partial charge on any atom is 0.210 e. The van der Waals surface area contributed by atoms with Gasteiger partial charge < -0.3 is 5.32 Å². The van der Waals surface area contributed by atoms with Crippen LogP contribution in [-0.4, -0.2) is 12.5 Å². The number of hydrogen-bond donors (Lipinski definition) is 3. The van der Waals surface area contributed by atoms with E-state index >= 15 is 0 Å². The van der Waals surface area contributed by atoms with Crippen molar-refractivity contribution < 1.29 is 0 Å². The van der Waals surface area contributed by atoms with E-state index in [9.17, 15) is 0 Å². The molecule has 0 bridgehead atoms. The van der Waals surface area contributed by atoms with Gasteiger partial charge in [0.15, 0.2) is 0 Å². The molecule has 0 unspecified atom stereocenters. The number of aliphatic imine (C=N–C) groups is 1. The van der Waals surface area contributed by atoms with Gasteiger partial charge in [0.25, 0.3) is 0 Å². The van der Waals surface area contributed by atoms with E-state index in [1.165, 1.54) is 11.1 Å². The number of hydrazine groups is 1. The summed E-state index contributed by atoms with van der Waals surface area (Å²) >= 11 is 0. The van der Waals surface area contributed by atoms with E-state index in [1.807, 2.05) is 6.92 Å². The molecule has 1 rings (SSSR count). The standard InChI is InChI=1S/C12H20N4/c1-4-10-8-6-7-9(3)11(10)15-12(16-13)14-5-2/h6-8H,4-5,13H2,1-3H3,(H2,14,15,16). The van der Waals surface area contributed by atoms with Crippen LogP contribution in [0.5, 0.6) is 0 Å². The van der Waals surface area contributed by atoms with Gasteiger partial charge in [0.1, 0.15) is 0 Å². The van der Waals surface area contributed by atoms with Crippen molar-refractivity contribution in [3.63, 3.8) is 0 Å². The van der Waals surface area contributed by atoms with Gasteiger partial charge in [0.05, 0.1) is 0 Å². The van der Waals surface area contributed by atoms with Crippen molar-refractivity contribution in [2.75, 3.05) is 11.9 Å². The van der Waals surface area contributed by atoms with Crippen LogP contribution in [0.4, 0.5) is 5.69 Å². The highest BCUT2D eigenvalue weighted by Crippen LogP contribution is 2.20. The van der Waals surface area contributed by atoms with Crippen LogP contribution in [0.1, 0.15) is 25.0 Å². The highest BCUT2D eigenvalue weighted by atomic mass is 15.3. The summed E-state index contributed by atoms with van der Waals surface area (Å²) in [4.78, 5) is 4.22. The molecule has 0 spiro atoms. The van der Waals surface area contributed by atoms with Crippen LogP contribution in [0.2, 0.25) is 0 Å². The average molecular weight is 220 g/mol. The number of aryl methyl sites for hydroxylation is 2. The third-order valence-corrected chi connectivity index (χ3v) is 2.44. The van der Waals surface area contributed by atoms with Crippen LogP contribution in [0, 0.1) is 6.92 Å². The fraction of sp³-hybridized carbons (Fsp3) is 0.417. The summed E-state index contributed by atoms with van der Waals surface area (Å²) in [5, 5.41) is 3.23. The first kappa shape index (κ1) is 12.5. The largest absolute Gasteiger partial charge is 0.325 e. The Hall–Kier alpha value is -1.55. The van der Waals surface area contributed by atoms with Crippen molar-refractivity contribution in [2.45, 2.75) is 27.2 Å². The number of hydrogen-bond acceptors (Lipinski definition) is 2. The molecule has 4 heteroatoms. The third-order valence-electron chi connectivity index (χ3n) is 2.44. The number of para-hydroxylation sites is 1. The lowest BCUT2D eigenvalue weighted by atomic mass is 10.1. The van der Waals surface area contributed by atoms with Crippen LogP contribution in [-0.2, 0) is 6.42 Å². The monoisotopic (exact) mass is 220 g/mol. The zero-order valence-corrected chi connectivity index (χ0v) is 10.2. The molecule has 88 valence electrons. The van der Waals surface area contributed by atoms with Crippen LogP contribution in [0.3, 0.4) is 0 Å². The van der Waals surface area contributed by atoms with Gasteiger partial charge >= 0.3 is 0 Å². The van der Waals surface area contributed by atoms with E-state index in [-0.39, 0.29) is 0 Å². The Balaban J connectivity index is 2.99. The first-order chi connectivity index (χ1) is 7.72. The molecular formula is C12H20N4. The van der Waals surface area contributed by atoms with Crippen LogP contribution in [0.25, 0.3) is 0 Å². The van der Waals surface area contributed by atoms with Crippen molar-refractivity contribution in [2.24, 2.45) is 10.8 Å². The van der Waals surface area contributed by atoms with E-state index in [2.05, 4.69) is 47.8 Å². The number of guanidine groups is 1. The summed E-state index contributed by atoms with van der Waals surface area (Å²) in [7, 11) is 0. The van der Waals surface area contributed by atoms with Gasteiger partial charge in [-0.3, -0.25) is 10.4 Å². The smallest absolute Gasteiger partial charge is 0.210 e. The van der Waals surface area contributed by atoms with Crippen LogP contribution >= 0.6 is 0 Å². The molecular weight excluding hydrogens is 200 g/mol. The summed E-state index contributed by atoms with van der Waals surface area (Å²) in [6.07, 6.45) is 0.980. The first-order valence-corrected chi connectivity index (χ1v) is 5.59. The molecule has 1 aromatic rings. The highest BCUT2D eigenvalue weighted by Gasteiger charge is 2.05. The Morgan fingerprint density at radius 2 is 2.12 bits per heavy atom. The fourth-order valence-corrected chi connectivity index (χ4v) is 1.60. The Kier molecular flexibility index (Phi) is 4.79. The van der Waals surface area contributed by atoms with Crippen molar-refractivity contribution in [1.82, 2.24) is 5.43 Å². The number of anilines is 1. The second kappa shape index (κ2) is 6.12. The molecule has 0 atom stereocenters. The minimum absolute atomic E-state index is 0.603. The van der Waals surface area contributed by atoms with Gasteiger partial charge in [0.2, 0.25) is 5.96 Å². The van der Waals surface area contributed by atoms with E-state index in [0.717, 1.165) is 12.1 Å². The maximum absolute atomic E-state index is 5.40. The molecule has 0 fully saturated rings. The van der Waals surface area contributed by atoms with E-state index in [0.29, 0.717) is 12.5 Å². The van der Waals surface area contributed by atoms with E-state index < -0.39 is 0 Å². The molecule has 0 aliphatic carbocycles. The quantitative estimate of drug-likeness (QED) is 0.315. The zero-order chi connectivity index (χ0) is 12.0. The summed E-state index contributed by atoms with van der Waals surface area (Å²) in [5.74, 6) is 6.01. The predicted molar refractivity (Wildman–Crippen MR) is 69.5 cm³/mol. The number of rotatable bonds is 3. The Morgan fingerprint density at radius 3 is 2.69 bits per heavy atom. The Labute approximate surface area is 96.9 Å². The number of nitrogens with two attached hydrogens (primary N) is 1. The normalized spacial score (nSPS) is 11.4. The van der Waals surface area contributed by atoms with E-state index in [4.69, 9.17) is 5.84 Å². The van der Waals surface area contributed by atoms with Crippen molar-refractivity contribution in [1.29, 1.82) is 0 Å². The average Bonchev–Trinajstić information content (AvgIpc) is 2.30.